The number of thioether (sulfide) groups is 1. The molecule has 6 nitrogen and oxygen atoms in total. The predicted molar refractivity (Wildman–Crippen MR) is 114 cm³/mol. The SMILES string of the molecule is CCn1c(C)cc(C(=O)COC(=O)CSCc2cc(C(C)=O)ccc2OC)c1C. The smallest absolute Gasteiger partial charge is 0.316 e. The lowest BCUT2D eigenvalue weighted by molar-refractivity contribution is -0.139. The molecule has 156 valence electrons. The van der Waals surface area contributed by atoms with Crippen molar-refractivity contribution < 1.29 is 23.9 Å². The molecule has 0 aliphatic carbocycles. The van der Waals surface area contributed by atoms with Crippen molar-refractivity contribution in [3.63, 3.8) is 0 Å². The maximum Gasteiger partial charge on any atom is 0.316 e. The van der Waals surface area contributed by atoms with E-state index in [9.17, 15) is 14.4 Å². The number of carbonyl (C=O) groups excluding carboxylic acids is 3. The fourth-order valence-corrected chi connectivity index (χ4v) is 3.99. The Morgan fingerprint density at radius 2 is 1.86 bits per heavy atom. The highest BCUT2D eigenvalue weighted by atomic mass is 32.2. The van der Waals surface area contributed by atoms with E-state index >= 15 is 0 Å². The summed E-state index contributed by atoms with van der Waals surface area (Å²) in [4.78, 5) is 36.0. The normalized spacial score (nSPS) is 10.7. The zero-order valence-electron chi connectivity index (χ0n) is 17.5. The lowest BCUT2D eigenvalue weighted by Gasteiger charge is -2.10. The molecule has 1 aromatic heterocycles. The molecule has 0 unspecified atom stereocenters. The molecule has 0 N–H and O–H groups in total. The number of methoxy groups -OCH3 is 1. The number of aryl methyl sites for hydroxylation is 1. The highest BCUT2D eigenvalue weighted by Gasteiger charge is 2.17. The van der Waals surface area contributed by atoms with E-state index in [4.69, 9.17) is 9.47 Å². The molecule has 2 rings (SSSR count). The average Bonchev–Trinajstić information content (AvgIpc) is 2.99. The van der Waals surface area contributed by atoms with Crippen molar-refractivity contribution in [1.29, 1.82) is 0 Å². The molecule has 0 amide bonds. The van der Waals surface area contributed by atoms with Crippen LogP contribution >= 0.6 is 11.8 Å². The number of carbonyl (C=O) groups is 3. The van der Waals surface area contributed by atoms with Crippen LogP contribution in [0.1, 0.15) is 51.5 Å². The van der Waals surface area contributed by atoms with Crippen molar-refractivity contribution in [3.05, 3.63) is 52.3 Å². The third kappa shape index (κ3) is 5.73. The largest absolute Gasteiger partial charge is 0.496 e. The van der Waals surface area contributed by atoms with Crippen LogP contribution < -0.4 is 4.74 Å². The maximum atomic E-state index is 12.4. The molecule has 0 saturated heterocycles. The maximum absolute atomic E-state index is 12.4. The molecule has 1 aromatic carbocycles. The van der Waals surface area contributed by atoms with Crippen molar-refractivity contribution in [3.8, 4) is 5.75 Å². The third-order valence-electron chi connectivity index (χ3n) is 4.72. The molecule has 0 atom stereocenters. The predicted octanol–water partition coefficient (Wildman–Crippen LogP) is 4.00. The number of nitrogens with zero attached hydrogens (tertiary/aromatic N) is 1. The molecule has 0 aliphatic rings. The van der Waals surface area contributed by atoms with Crippen molar-refractivity contribution in [2.75, 3.05) is 19.5 Å². The summed E-state index contributed by atoms with van der Waals surface area (Å²) in [7, 11) is 1.56. The van der Waals surface area contributed by atoms with Gasteiger partial charge >= 0.3 is 5.97 Å². The molecular weight excluding hydrogens is 390 g/mol. The van der Waals surface area contributed by atoms with Crippen LogP contribution in [0, 0.1) is 13.8 Å². The Morgan fingerprint density at radius 1 is 1.14 bits per heavy atom. The third-order valence-corrected chi connectivity index (χ3v) is 5.67. The van der Waals surface area contributed by atoms with Gasteiger partial charge in [0.2, 0.25) is 5.78 Å². The van der Waals surface area contributed by atoms with Gasteiger partial charge in [-0.05, 0) is 52.0 Å². The van der Waals surface area contributed by atoms with Gasteiger partial charge in [-0.1, -0.05) is 0 Å². The van der Waals surface area contributed by atoms with Crippen LogP contribution in [0.15, 0.2) is 24.3 Å². The summed E-state index contributed by atoms with van der Waals surface area (Å²) in [6.07, 6.45) is 0. The van der Waals surface area contributed by atoms with E-state index in [2.05, 4.69) is 0 Å². The monoisotopic (exact) mass is 417 g/mol. The first-order valence-corrected chi connectivity index (χ1v) is 10.5. The van der Waals surface area contributed by atoms with E-state index in [0.29, 0.717) is 22.6 Å². The molecular formula is C22H27NO5S. The van der Waals surface area contributed by atoms with Crippen LogP contribution in [-0.4, -0.2) is 41.6 Å². The number of aromatic nitrogens is 1. The van der Waals surface area contributed by atoms with Crippen LogP contribution in [0.5, 0.6) is 5.75 Å². The molecule has 7 heteroatoms. The van der Waals surface area contributed by atoms with E-state index in [1.807, 2.05) is 31.4 Å². The van der Waals surface area contributed by atoms with Gasteiger partial charge in [0.05, 0.1) is 12.9 Å². The Labute approximate surface area is 175 Å². The Kier molecular flexibility index (Phi) is 8.08. The van der Waals surface area contributed by atoms with Gasteiger partial charge < -0.3 is 14.0 Å². The molecule has 0 aliphatic heterocycles. The van der Waals surface area contributed by atoms with Gasteiger partial charge in [0.15, 0.2) is 12.4 Å². The number of esters is 1. The Bertz CT molecular complexity index is 916. The molecule has 0 saturated carbocycles. The summed E-state index contributed by atoms with van der Waals surface area (Å²) >= 11 is 1.34. The van der Waals surface area contributed by atoms with Gasteiger partial charge in [-0.2, -0.15) is 0 Å². The van der Waals surface area contributed by atoms with Gasteiger partial charge in [0.1, 0.15) is 5.75 Å². The average molecular weight is 418 g/mol. The van der Waals surface area contributed by atoms with Crippen LogP contribution in [0.25, 0.3) is 0 Å². The number of rotatable bonds is 10. The summed E-state index contributed by atoms with van der Waals surface area (Å²) in [6.45, 7) is 7.89. The zero-order valence-corrected chi connectivity index (χ0v) is 18.4. The summed E-state index contributed by atoms with van der Waals surface area (Å²) in [5.74, 6) is 0.581. The number of Topliss-reactive ketones (excluding diaryl/α,β-unsaturated/α-hetero) is 2. The number of ether oxygens (including phenoxy) is 2. The quantitative estimate of drug-likeness (QED) is 0.430. The molecule has 29 heavy (non-hydrogen) atoms. The van der Waals surface area contributed by atoms with E-state index in [1.54, 1.807) is 25.3 Å². The number of ketones is 2. The van der Waals surface area contributed by atoms with Crippen molar-refractivity contribution in [2.24, 2.45) is 0 Å². The number of benzene rings is 1. The van der Waals surface area contributed by atoms with Gasteiger partial charge in [-0.3, -0.25) is 14.4 Å². The molecule has 1 heterocycles. The topological polar surface area (TPSA) is 74.6 Å². The fraction of sp³-hybridized carbons (Fsp3) is 0.409. The van der Waals surface area contributed by atoms with Crippen molar-refractivity contribution in [1.82, 2.24) is 4.57 Å². The lowest BCUT2D eigenvalue weighted by Crippen LogP contribution is -2.16. The highest BCUT2D eigenvalue weighted by molar-refractivity contribution is 7.99. The fourth-order valence-electron chi connectivity index (χ4n) is 3.19. The van der Waals surface area contributed by atoms with Gasteiger partial charge in [0.25, 0.3) is 0 Å². The first-order chi connectivity index (χ1) is 13.8. The summed E-state index contributed by atoms with van der Waals surface area (Å²) in [6, 6.07) is 7.06. The Hall–Kier alpha value is -2.54. The highest BCUT2D eigenvalue weighted by Crippen LogP contribution is 2.25. The summed E-state index contributed by atoms with van der Waals surface area (Å²) < 4.78 is 12.5. The Morgan fingerprint density at radius 3 is 2.45 bits per heavy atom. The second-order valence-corrected chi connectivity index (χ2v) is 7.67. The second-order valence-electron chi connectivity index (χ2n) is 6.69. The van der Waals surface area contributed by atoms with Crippen LogP contribution in [-0.2, 0) is 21.8 Å². The number of hydrogen-bond acceptors (Lipinski definition) is 6. The lowest BCUT2D eigenvalue weighted by atomic mass is 10.1. The first kappa shape index (κ1) is 22.7. The summed E-state index contributed by atoms with van der Waals surface area (Å²) in [5.41, 5.74) is 3.92. The minimum atomic E-state index is -0.450. The van der Waals surface area contributed by atoms with E-state index in [-0.39, 0.29) is 23.9 Å². The molecule has 0 fully saturated rings. The van der Waals surface area contributed by atoms with Crippen LogP contribution in [0.3, 0.4) is 0 Å². The van der Waals surface area contributed by atoms with E-state index < -0.39 is 5.97 Å². The molecule has 2 aromatic rings. The molecule has 0 spiro atoms. The Balaban J connectivity index is 1.87. The van der Waals surface area contributed by atoms with Crippen LogP contribution in [0.2, 0.25) is 0 Å². The van der Waals surface area contributed by atoms with E-state index in [0.717, 1.165) is 23.5 Å². The van der Waals surface area contributed by atoms with Gasteiger partial charge in [-0.15, -0.1) is 11.8 Å². The zero-order chi connectivity index (χ0) is 21.6. The minimum absolute atomic E-state index is 0.0285. The van der Waals surface area contributed by atoms with Gasteiger partial charge in [0, 0.05) is 40.4 Å². The minimum Gasteiger partial charge on any atom is -0.496 e. The molecule has 0 radical (unpaired) electrons. The van der Waals surface area contributed by atoms with Gasteiger partial charge in [-0.25, -0.2) is 0 Å². The standard InChI is InChI=1S/C22H27NO5S/c1-6-23-14(2)9-19(15(23)3)20(25)11-28-22(26)13-29-12-18-10-17(16(4)24)7-8-21(18)27-5/h7-10H,6,11-13H2,1-5H3. The summed E-state index contributed by atoms with van der Waals surface area (Å²) in [5, 5.41) is 0. The van der Waals surface area contributed by atoms with Crippen molar-refractivity contribution >= 4 is 29.3 Å². The van der Waals surface area contributed by atoms with Crippen LogP contribution in [0.4, 0.5) is 0 Å². The number of hydrogen-bond donors (Lipinski definition) is 0. The first-order valence-electron chi connectivity index (χ1n) is 9.39. The van der Waals surface area contributed by atoms with E-state index in [1.165, 1.54) is 18.7 Å². The molecule has 0 bridgehead atoms. The van der Waals surface area contributed by atoms with Crippen molar-refractivity contribution in [2.45, 2.75) is 40.0 Å². The second kappa shape index (κ2) is 10.3.